The molecule has 0 fully saturated rings. The van der Waals surface area contributed by atoms with Gasteiger partial charge in [-0.2, -0.15) is 0 Å². The van der Waals surface area contributed by atoms with E-state index in [2.05, 4.69) is 5.32 Å². The summed E-state index contributed by atoms with van der Waals surface area (Å²) in [5.74, 6) is -0.439. The van der Waals surface area contributed by atoms with Crippen LogP contribution in [0.5, 0.6) is 5.75 Å². The van der Waals surface area contributed by atoms with Crippen LogP contribution in [0.15, 0.2) is 102 Å². The van der Waals surface area contributed by atoms with Crippen LogP contribution in [-0.4, -0.2) is 26.4 Å². The number of nitrogens with zero attached hydrogens (tertiary/aromatic N) is 2. The molecule has 4 aromatic carbocycles. The maximum Gasteiger partial charge on any atom is 0.271 e. The van der Waals surface area contributed by atoms with E-state index in [-0.39, 0.29) is 39.8 Å². The van der Waals surface area contributed by atoms with Gasteiger partial charge in [0.05, 0.1) is 40.4 Å². The first-order chi connectivity index (χ1) is 18.2. The van der Waals surface area contributed by atoms with E-state index in [1.165, 1.54) is 47.8 Å². The lowest BCUT2D eigenvalue weighted by Crippen LogP contribution is -2.32. The van der Waals surface area contributed by atoms with Crippen molar-refractivity contribution in [2.45, 2.75) is 18.4 Å². The molecule has 38 heavy (non-hydrogen) atoms. The second kappa shape index (κ2) is 11.1. The van der Waals surface area contributed by atoms with Gasteiger partial charge in [0.25, 0.3) is 21.6 Å². The Morgan fingerprint density at radius 1 is 0.947 bits per heavy atom. The van der Waals surface area contributed by atoms with Crippen molar-refractivity contribution in [2.24, 2.45) is 0 Å². The number of ether oxygens (including phenoxy) is 1. The summed E-state index contributed by atoms with van der Waals surface area (Å²) >= 11 is 0. The van der Waals surface area contributed by atoms with Gasteiger partial charge in [0.1, 0.15) is 5.75 Å². The number of non-ortho nitro benzene ring substituents is 1. The van der Waals surface area contributed by atoms with Crippen LogP contribution in [0.1, 0.15) is 21.5 Å². The predicted octanol–water partition coefficient (Wildman–Crippen LogP) is 5.56. The van der Waals surface area contributed by atoms with Gasteiger partial charge in [-0.1, -0.05) is 60.2 Å². The second-order valence-corrected chi connectivity index (χ2v) is 10.3. The average Bonchev–Trinajstić information content (AvgIpc) is 2.92. The average molecular weight is 532 g/mol. The Hall–Kier alpha value is -4.70. The van der Waals surface area contributed by atoms with Gasteiger partial charge in [0.15, 0.2) is 0 Å². The topological polar surface area (TPSA) is 119 Å². The lowest BCUT2D eigenvalue weighted by molar-refractivity contribution is -0.384. The number of para-hydroxylation sites is 1. The van der Waals surface area contributed by atoms with Gasteiger partial charge in [-0.3, -0.25) is 19.2 Å². The van der Waals surface area contributed by atoms with E-state index < -0.39 is 20.9 Å². The summed E-state index contributed by atoms with van der Waals surface area (Å²) in [4.78, 5) is 24.3. The maximum atomic E-state index is 13.9. The highest BCUT2D eigenvalue weighted by atomic mass is 32.2. The Labute approximate surface area is 220 Å². The smallest absolute Gasteiger partial charge is 0.271 e. The van der Waals surface area contributed by atoms with E-state index in [9.17, 15) is 23.3 Å². The second-order valence-electron chi connectivity index (χ2n) is 8.42. The number of hydrogen-bond donors (Lipinski definition) is 1. The molecular formula is C28H25N3O6S. The van der Waals surface area contributed by atoms with Crippen LogP contribution in [0, 0.1) is 17.0 Å². The summed E-state index contributed by atoms with van der Waals surface area (Å²) in [5.41, 5.74) is 1.69. The highest BCUT2D eigenvalue weighted by molar-refractivity contribution is 7.92. The first-order valence-corrected chi connectivity index (χ1v) is 13.0. The number of nitro benzene ring substituents is 1. The van der Waals surface area contributed by atoms with Crippen molar-refractivity contribution in [3.8, 4) is 5.75 Å². The Morgan fingerprint density at radius 3 is 2.26 bits per heavy atom. The van der Waals surface area contributed by atoms with Gasteiger partial charge < -0.3 is 10.1 Å². The van der Waals surface area contributed by atoms with E-state index in [1.807, 2.05) is 13.0 Å². The molecule has 0 radical (unpaired) electrons. The molecule has 0 saturated carbocycles. The van der Waals surface area contributed by atoms with E-state index in [0.717, 1.165) is 11.1 Å². The molecule has 10 heteroatoms. The molecule has 0 heterocycles. The molecule has 1 amide bonds. The Bertz CT molecular complexity index is 1570. The van der Waals surface area contributed by atoms with Gasteiger partial charge >= 0.3 is 0 Å². The number of benzene rings is 4. The fourth-order valence-corrected chi connectivity index (χ4v) is 5.34. The summed E-state index contributed by atoms with van der Waals surface area (Å²) in [7, 11) is -2.71. The Kier molecular flexibility index (Phi) is 7.73. The van der Waals surface area contributed by atoms with Crippen LogP contribution >= 0.6 is 0 Å². The molecule has 1 N–H and O–H groups in total. The van der Waals surface area contributed by atoms with Crippen LogP contribution in [0.4, 0.5) is 17.1 Å². The molecule has 0 atom stereocenters. The number of carbonyl (C=O) groups is 1. The zero-order chi connectivity index (χ0) is 27.3. The molecule has 9 nitrogen and oxygen atoms in total. The zero-order valence-corrected chi connectivity index (χ0v) is 21.5. The molecule has 0 aliphatic heterocycles. The summed E-state index contributed by atoms with van der Waals surface area (Å²) < 4.78 is 34.2. The fourth-order valence-electron chi connectivity index (χ4n) is 3.87. The number of amides is 1. The van der Waals surface area contributed by atoms with Gasteiger partial charge in [-0.05, 0) is 42.8 Å². The van der Waals surface area contributed by atoms with Crippen molar-refractivity contribution in [2.75, 3.05) is 16.7 Å². The Balaban J connectivity index is 1.80. The first-order valence-electron chi connectivity index (χ1n) is 11.6. The van der Waals surface area contributed by atoms with Gasteiger partial charge in [0.2, 0.25) is 0 Å². The van der Waals surface area contributed by atoms with Crippen molar-refractivity contribution < 1.29 is 22.9 Å². The number of hydrogen-bond acceptors (Lipinski definition) is 6. The van der Waals surface area contributed by atoms with Crippen molar-refractivity contribution in [1.82, 2.24) is 0 Å². The minimum absolute atomic E-state index is 0.0263. The molecule has 0 aliphatic carbocycles. The number of aryl methyl sites for hydroxylation is 1. The fraction of sp³-hybridized carbons (Fsp3) is 0.107. The van der Waals surface area contributed by atoms with Crippen LogP contribution in [0.25, 0.3) is 0 Å². The Morgan fingerprint density at radius 2 is 1.61 bits per heavy atom. The van der Waals surface area contributed by atoms with Crippen LogP contribution < -0.4 is 14.4 Å². The monoisotopic (exact) mass is 531 g/mol. The summed E-state index contributed by atoms with van der Waals surface area (Å²) in [6, 6.07) is 25.6. The van der Waals surface area contributed by atoms with Crippen molar-refractivity contribution in [1.29, 1.82) is 0 Å². The zero-order valence-electron chi connectivity index (χ0n) is 20.7. The molecule has 4 rings (SSSR count). The van der Waals surface area contributed by atoms with E-state index in [0.29, 0.717) is 0 Å². The molecule has 0 aliphatic rings. The molecule has 0 bridgehead atoms. The van der Waals surface area contributed by atoms with Crippen LogP contribution in [0.3, 0.4) is 0 Å². The number of carbonyl (C=O) groups excluding carboxylic acids is 1. The van der Waals surface area contributed by atoms with Crippen molar-refractivity contribution in [3.05, 3.63) is 124 Å². The number of nitrogens with one attached hydrogen (secondary N) is 1. The normalized spacial score (nSPS) is 11.0. The van der Waals surface area contributed by atoms with Gasteiger partial charge in [-0.15, -0.1) is 0 Å². The lowest BCUT2D eigenvalue weighted by Gasteiger charge is -2.27. The molecular weight excluding hydrogens is 506 g/mol. The molecule has 0 spiro atoms. The van der Waals surface area contributed by atoms with Crippen molar-refractivity contribution >= 4 is 33.0 Å². The number of rotatable bonds is 9. The summed E-state index contributed by atoms with van der Waals surface area (Å²) in [6.45, 7) is 1.83. The summed E-state index contributed by atoms with van der Waals surface area (Å²) in [5, 5.41) is 13.9. The summed E-state index contributed by atoms with van der Waals surface area (Å²) in [6.07, 6.45) is 0. The number of methoxy groups -OCH3 is 1. The molecule has 4 aromatic rings. The molecule has 0 saturated heterocycles. The maximum absolute atomic E-state index is 13.9. The number of nitro groups is 1. The lowest BCUT2D eigenvalue weighted by atomic mass is 10.1. The third kappa shape index (κ3) is 5.65. The van der Waals surface area contributed by atoms with Crippen LogP contribution in [0.2, 0.25) is 0 Å². The highest BCUT2D eigenvalue weighted by Crippen LogP contribution is 2.32. The third-order valence-electron chi connectivity index (χ3n) is 5.84. The quantitative estimate of drug-likeness (QED) is 0.223. The molecule has 0 unspecified atom stereocenters. The van der Waals surface area contributed by atoms with Gasteiger partial charge in [0, 0.05) is 12.1 Å². The van der Waals surface area contributed by atoms with E-state index in [4.69, 9.17) is 4.74 Å². The first kappa shape index (κ1) is 26.4. The van der Waals surface area contributed by atoms with Gasteiger partial charge in [-0.25, -0.2) is 8.42 Å². The van der Waals surface area contributed by atoms with Crippen molar-refractivity contribution in [3.63, 3.8) is 0 Å². The predicted molar refractivity (Wildman–Crippen MR) is 145 cm³/mol. The minimum atomic E-state index is -4.09. The number of anilines is 2. The van der Waals surface area contributed by atoms with Crippen LogP contribution in [-0.2, 0) is 16.6 Å². The highest BCUT2D eigenvalue weighted by Gasteiger charge is 2.29. The third-order valence-corrected chi connectivity index (χ3v) is 7.61. The SMILES string of the molecule is COc1ccc([N+](=O)[O-])cc1NC(=O)c1ccccc1N(Cc1ccccc1)S(=O)(=O)c1ccc(C)cc1. The largest absolute Gasteiger partial charge is 0.495 e. The molecule has 194 valence electrons. The minimum Gasteiger partial charge on any atom is -0.495 e. The van der Waals surface area contributed by atoms with E-state index >= 15 is 0 Å². The van der Waals surface area contributed by atoms with E-state index in [1.54, 1.807) is 54.6 Å². The standard InChI is InChI=1S/C28H25N3O6S/c1-20-12-15-23(16-13-20)38(35,36)30(19-21-8-4-3-5-9-21)26-11-7-6-10-24(26)28(32)29-25-18-22(31(33)34)14-17-27(25)37-2/h3-18H,19H2,1-2H3,(H,29,32). The number of sulfonamides is 1. The molecule has 0 aromatic heterocycles.